The molecule has 168 valence electrons. The molecule has 31 heavy (non-hydrogen) atoms. The zero-order valence-electron chi connectivity index (χ0n) is 18.6. The molecule has 2 aromatic rings. The molecule has 1 aromatic carbocycles. The molecule has 2 heterocycles. The van der Waals surface area contributed by atoms with Crippen molar-refractivity contribution in [3.05, 3.63) is 52.4 Å². The summed E-state index contributed by atoms with van der Waals surface area (Å²) in [6.07, 6.45) is 1.26. The molecule has 0 atom stereocenters. The summed E-state index contributed by atoms with van der Waals surface area (Å²) in [5.74, 6) is 0.722. The smallest absolute Gasteiger partial charge is 0.317 e. The molecule has 0 spiro atoms. The van der Waals surface area contributed by atoms with E-state index in [4.69, 9.17) is 9.26 Å². The van der Waals surface area contributed by atoms with Gasteiger partial charge in [0.25, 0.3) is 0 Å². The van der Waals surface area contributed by atoms with Gasteiger partial charge in [0.15, 0.2) is 0 Å². The third-order valence-electron chi connectivity index (χ3n) is 5.58. The average Bonchev–Trinajstić information content (AvgIpc) is 3.10. The van der Waals surface area contributed by atoms with Gasteiger partial charge >= 0.3 is 6.03 Å². The fourth-order valence-electron chi connectivity index (χ4n) is 3.66. The van der Waals surface area contributed by atoms with Gasteiger partial charge < -0.3 is 24.4 Å². The van der Waals surface area contributed by atoms with Gasteiger partial charge in [0.05, 0.1) is 18.7 Å². The summed E-state index contributed by atoms with van der Waals surface area (Å²) in [6.45, 7) is 9.54. The van der Waals surface area contributed by atoms with Crippen molar-refractivity contribution in [2.24, 2.45) is 0 Å². The van der Waals surface area contributed by atoms with Crippen LogP contribution in [-0.4, -0.2) is 59.7 Å². The van der Waals surface area contributed by atoms with Gasteiger partial charge in [-0.1, -0.05) is 36.3 Å². The number of aryl methyl sites for hydroxylation is 2. The summed E-state index contributed by atoms with van der Waals surface area (Å²) in [5.41, 5.74) is 3.75. The maximum Gasteiger partial charge on any atom is 0.317 e. The molecule has 0 bridgehead atoms. The first kappa shape index (κ1) is 22.8. The zero-order valence-corrected chi connectivity index (χ0v) is 18.6. The van der Waals surface area contributed by atoms with E-state index in [1.54, 1.807) is 9.80 Å². The van der Waals surface area contributed by atoms with E-state index in [9.17, 15) is 9.59 Å². The van der Waals surface area contributed by atoms with Gasteiger partial charge in [-0.15, -0.1) is 0 Å². The van der Waals surface area contributed by atoms with Crippen molar-refractivity contribution in [3.8, 4) is 0 Å². The van der Waals surface area contributed by atoms with Crippen LogP contribution in [0.2, 0.25) is 0 Å². The van der Waals surface area contributed by atoms with Crippen LogP contribution < -0.4 is 5.32 Å². The Hall–Kier alpha value is -2.87. The normalized spacial score (nSPS) is 14.0. The number of rotatable bonds is 8. The van der Waals surface area contributed by atoms with E-state index in [1.165, 1.54) is 0 Å². The van der Waals surface area contributed by atoms with Gasteiger partial charge in [-0.05, 0) is 31.4 Å². The summed E-state index contributed by atoms with van der Waals surface area (Å²) in [5, 5.41) is 6.91. The number of hydrogen-bond donors (Lipinski definition) is 1. The molecule has 0 radical (unpaired) electrons. The highest BCUT2D eigenvalue weighted by Crippen LogP contribution is 2.15. The summed E-state index contributed by atoms with van der Waals surface area (Å²) < 4.78 is 10.8. The van der Waals surface area contributed by atoms with Crippen LogP contribution in [0.5, 0.6) is 0 Å². The molecule has 0 saturated carbocycles. The molecule has 3 amide bonds. The van der Waals surface area contributed by atoms with E-state index < -0.39 is 0 Å². The number of nitrogens with zero attached hydrogens (tertiary/aromatic N) is 3. The van der Waals surface area contributed by atoms with Crippen molar-refractivity contribution in [1.29, 1.82) is 0 Å². The summed E-state index contributed by atoms with van der Waals surface area (Å²) >= 11 is 0. The average molecular weight is 429 g/mol. The molecule has 1 aliphatic heterocycles. The van der Waals surface area contributed by atoms with Crippen LogP contribution in [0.3, 0.4) is 0 Å². The molecule has 3 rings (SSSR count). The Morgan fingerprint density at radius 2 is 1.77 bits per heavy atom. The monoisotopic (exact) mass is 428 g/mol. The van der Waals surface area contributed by atoms with Crippen LogP contribution >= 0.6 is 0 Å². The van der Waals surface area contributed by atoms with Gasteiger partial charge in [0, 0.05) is 44.9 Å². The molecule has 1 fully saturated rings. The predicted molar refractivity (Wildman–Crippen MR) is 116 cm³/mol. The number of aromatic nitrogens is 1. The highest BCUT2D eigenvalue weighted by atomic mass is 16.5. The maximum absolute atomic E-state index is 12.6. The van der Waals surface area contributed by atoms with Crippen LogP contribution in [0.1, 0.15) is 41.5 Å². The lowest BCUT2D eigenvalue weighted by molar-refractivity contribution is -0.131. The van der Waals surface area contributed by atoms with Crippen molar-refractivity contribution in [3.63, 3.8) is 0 Å². The Bertz CT molecular complexity index is 868. The fraction of sp³-hybridized carbons (Fsp3) is 0.522. The van der Waals surface area contributed by atoms with Crippen molar-refractivity contribution in [2.75, 3.05) is 32.8 Å². The SMILES string of the molecule is CCCOCc1ccccc1CNC(=O)N1CCN(C(=O)Cc2c(C)noc2C)CC1. The number of hydrogen-bond acceptors (Lipinski definition) is 5. The van der Waals surface area contributed by atoms with Gasteiger partial charge in [-0.3, -0.25) is 4.79 Å². The Labute approximate surface area is 183 Å². The predicted octanol–water partition coefficient (Wildman–Crippen LogP) is 2.81. The molecule has 0 unspecified atom stereocenters. The Balaban J connectivity index is 1.46. The summed E-state index contributed by atoms with van der Waals surface area (Å²) in [4.78, 5) is 28.8. The number of amides is 3. The first-order valence-corrected chi connectivity index (χ1v) is 10.9. The highest BCUT2D eigenvalue weighted by Gasteiger charge is 2.25. The lowest BCUT2D eigenvalue weighted by atomic mass is 10.1. The van der Waals surface area contributed by atoms with Gasteiger partial charge in [-0.2, -0.15) is 0 Å². The number of piperazine rings is 1. The van der Waals surface area contributed by atoms with E-state index in [1.807, 2.05) is 38.1 Å². The first-order valence-electron chi connectivity index (χ1n) is 10.9. The number of ether oxygens (including phenoxy) is 1. The second kappa shape index (κ2) is 10.9. The second-order valence-electron chi connectivity index (χ2n) is 7.83. The molecule has 8 nitrogen and oxygen atoms in total. The summed E-state index contributed by atoms with van der Waals surface area (Å²) in [7, 11) is 0. The fourth-order valence-corrected chi connectivity index (χ4v) is 3.66. The quantitative estimate of drug-likeness (QED) is 0.653. The number of nitrogens with one attached hydrogen (secondary N) is 1. The zero-order chi connectivity index (χ0) is 22.2. The van der Waals surface area contributed by atoms with Crippen molar-refractivity contribution in [2.45, 2.75) is 46.8 Å². The minimum Gasteiger partial charge on any atom is -0.377 e. The minimum atomic E-state index is -0.109. The van der Waals surface area contributed by atoms with E-state index in [0.29, 0.717) is 45.1 Å². The third-order valence-corrected chi connectivity index (χ3v) is 5.58. The highest BCUT2D eigenvalue weighted by molar-refractivity contribution is 5.80. The van der Waals surface area contributed by atoms with Gasteiger partial charge in [0.1, 0.15) is 5.76 Å². The largest absolute Gasteiger partial charge is 0.377 e. The minimum absolute atomic E-state index is 0.0375. The summed E-state index contributed by atoms with van der Waals surface area (Å²) in [6, 6.07) is 7.88. The Kier molecular flexibility index (Phi) is 8.06. The molecular formula is C23H32N4O4. The van der Waals surface area contributed by atoms with Crippen LogP contribution in [0.4, 0.5) is 4.79 Å². The van der Waals surface area contributed by atoms with Crippen LogP contribution in [0.25, 0.3) is 0 Å². The van der Waals surface area contributed by atoms with Crippen molar-refractivity contribution >= 4 is 11.9 Å². The Morgan fingerprint density at radius 1 is 1.10 bits per heavy atom. The molecule has 1 N–H and O–H groups in total. The van der Waals surface area contributed by atoms with E-state index >= 15 is 0 Å². The number of benzene rings is 1. The molecule has 1 saturated heterocycles. The third kappa shape index (κ3) is 6.07. The van der Waals surface area contributed by atoms with Gasteiger partial charge in [-0.25, -0.2) is 4.79 Å². The molecular weight excluding hydrogens is 396 g/mol. The number of urea groups is 1. The number of carbonyl (C=O) groups is 2. The number of carbonyl (C=O) groups excluding carboxylic acids is 2. The first-order chi connectivity index (χ1) is 15.0. The van der Waals surface area contributed by atoms with E-state index in [2.05, 4.69) is 17.4 Å². The van der Waals surface area contributed by atoms with Crippen LogP contribution in [0, 0.1) is 13.8 Å². The van der Waals surface area contributed by atoms with E-state index in [0.717, 1.165) is 35.4 Å². The van der Waals surface area contributed by atoms with E-state index in [-0.39, 0.29) is 18.4 Å². The second-order valence-corrected chi connectivity index (χ2v) is 7.83. The van der Waals surface area contributed by atoms with Crippen molar-refractivity contribution in [1.82, 2.24) is 20.3 Å². The van der Waals surface area contributed by atoms with Gasteiger partial charge in [0.2, 0.25) is 5.91 Å². The topological polar surface area (TPSA) is 87.9 Å². The lowest BCUT2D eigenvalue weighted by Crippen LogP contribution is -2.53. The molecule has 0 aliphatic carbocycles. The maximum atomic E-state index is 12.6. The van der Waals surface area contributed by atoms with Crippen molar-refractivity contribution < 1.29 is 18.8 Å². The standard InChI is InChI=1S/C23H32N4O4/c1-4-13-30-16-20-8-6-5-7-19(20)15-24-23(29)27-11-9-26(10-12-27)22(28)14-21-17(2)25-31-18(21)3/h5-8H,4,9-16H2,1-3H3,(H,24,29). The molecule has 1 aliphatic rings. The lowest BCUT2D eigenvalue weighted by Gasteiger charge is -2.34. The van der Waals surface area contributed by atoms with Crippen LogP contribution in [-0.2, 0) is 29.1 Å². The molecule has 8 heteroatoms. The van der Waals surface area contributed by atoms with Crippen LogP contribution in [0.15, 0.2) is 28.8 Å². The Morgan fingerprint density at radius 3 is 2.42 bits per heavy atom. The molecule has 1 aromatic heterocycles.